The zero-order valence-electron chi connectivity index (χ0n) is 12.2. The minimum Gasteiger partial charge on any atom is -0.326 e. The molecule has 118 valence electrons. The van der Waals surface area contributed by atoms with Crippen molar-refractivity contribution in [3.8, 4) is 0 Å². The van der Waals surface area contributed by atoms with Crippen LogP contribution in [0.15, 0.2) is 48.5 Å². The Kier molecular flexibility index (Phi) is 5.03. The predicted octanol–water partition coefficient (Wildman–Crippen LogP) is 1.86. The molecule has 0 saturated heterocycles. The Hall–Kier alpha value is -3.22. The van der Waals surface area contributed by atoms with Gasteiger partial charge in [-0.3, -0.25) is 25.2 Å². The molecule has 2 aromatic carbocycles. The summed E-state index contributed by atoms with van der Waals surface area (Å²) in [5.74, 6) is -1.75. The Morgan fingerprint density at radius 1 is 0.783 bits per heavy atom. The first-order valence-electron chi connectivity index (χ1n) is 6.69. The number of halogens is 1. The largest absolute Gasteiger partial charge is 0.326 e. The van der Waals surface area contributed by atoms with Crippen molar-refractivity contribution in [2.75, 3.05) is 5.32 Å². The van der Waals surface area contributed by atoms with Crippen LogP contribution in [-0.4, -0.2) is 17.7 Å². The van der Waals surface area contributed by atoms with Gasteiger partial charge in [0.15, 0.2) is 0 Å². The van der Waals surface area contributed by atoms with E-state index >= 15 is 0 Å². The normalized spacial score (nSPS) is 9.83. The van der Waals surface area contributed by atoms with E-state index in [1.807, 2.05) is 0 Å². The molecule has 0 aliphatic carbocycles. The highest BCUT2D eigenvalue weighted by molar-refractivity contribution is 5.99. The van der Waals surface area contributed by atoms with E-state index in [-0.39, 0.29) is 11.5 Å². The molecule has 0 aromatic heterocycles. The molecule has 0 saturated carbocycles. The van der Waals surface area contributed by atoms with E-state index in [1.54, 1.807) is 12.1 Å². The molecular formula is C16H14FN3O3. The van der Waals surface area contributed by atoms with Crippen LogP contribution in [0.1, 0.15) is 27.6 Å². The second-order valence-corrected chi connectivity index (χ2v) is 4.67. The van der Waals surface area contributed by atoms with E-state index in [9.17, 15) is 18.8 Å². The summed E-state index contributed by atoms with van der Waals surface area (Å²) in [6.07, 6.45) is 0. The van der Waals surface area contributed by atoms with Gasteiger partial charge in [0.25, 0.3) is 11.8 Å². The number of hydrogen-bond donors (Lipinski definition) is 3. The summed E-state index contributed by atoms with van der Waals surface area (Å²) in [6.45, 7) is 1.38. The minimum atomic E-state index is -0.562. The summed E-state index contributed by atoms with van der Waals surface area (Å²) in [4.78, 5) is 34.6. The maximum atomic E-state index is 12.8. The first-order valence-corrected chi connectivity index (χ1v) is 6.69. The van der Waals surface area contributed by atoms with Crippen molar-refractivity contribution < 1.29 is 18.8 Å². The lowest BCUT2D eigenvalue weighted by Gasteiger charge is -2.08. The summed E-state index contributed by atoms with van der Waals surface area (Å²) < 4.78 is 12.8. The molecule has 6 nitrogen and oxygen atoms in total. The van der Waals surface area contributed by atoms with Crippen LogP contribution in [0.3, 0.4) is 0 Å². The highest BCUT2D eigenvalue weighted by Gasteiger charge is 2.09. The summed E-state index contributed by atoms with van der Waals surface area (Å²) in [7, 11) is 0. The molecule has 0 fully saturated rings. The standard InChI is InChI=1S/C16H14FN3O3/c1-10(21)18-14-8-4-12(5-9-14)16(23)20-19-15(22)11-2-6-13(17)7-3-11/h2-9H,1H3,(H,18,21)(H,19,22)(H,20,23). The average molecular weight is 315 g/mol. The van der Waals surface area contributed by atoms with Gasteiger partial charge in [0.2, 0.25) is 5.91 Å². The number of carbonyl (C=O) groups is 3. The van der Waals surface area contributed by atoms with Gasteiger partial charge in [-0.15, -0.1) is 0 Å². The van der Waals surface area contributed by atoms with Crippen LogP contribution in [0.4, 0.5) is 10.1 Å². The zero-order valence-corrected chi connectivity index (χ0v) is 12.2. The SMILES string of the molecule is CC(=O)Nc1ccc(C(=O)NNC(=O)c2ccc(F)cc2)cc1. The minimum absolute atomic E-state index is 0.214. The third-order valence-corrected chi connectivity index (χ3v) is 2.86. The Morgan fingerprint density at radius 3 is 1.65 bits per heavy atom. The van der Waals surface area contributed by atoms with E-state index in [1.165, 1.54) is 31.2 Å². The lowest BCUT2D eigenvalue weighted by Crippen LogP contribution is -2.41. The van der Waals surface area contributed by atoms with Crippen molar-refractivity contribution in [1.82, 2.24) is 10.9 Å². The molecule has 0 spiro atoms. The molecule has 23 heavy (non-hydrogen) atoms. The summed E-state index contributed by atoms with van der Waals surface area (Å²) >= 11 is 0. The fourth-order valence-corrected chi connectivity index (χ4v) is 1.77. The third kappa shape index (κ3) is 4.63. The number of nitrogens with one attached hydrogen (secondary N) is 3. The lowest BCUT2D eigenvalue weighted by molar-refractivity contribution is -0.114. The molecule has 2 aromatic rings. The van der Waals surface area contributed by atoms with Crippen LogP contribution in [0.25, 0.3) is 0 Å². The molecule has 0 unspecified atom stereocenters. The second kappa shape index (κ2) is 7.17. The maximum absolute atomic E-state index is 12.8. The Bertz CT molecular complexity index is 727. The van der Waals surface area contributed by atoms with Gasteiger partial charge >= 0.3 is 0 Å². The molecule has 0 bridgehead atoms. The number of anilines is 1. The van der Waals surface area contributed by atoms with Crippen LogP contribution < -0.4 is 16.2 Å². The van der Waals surface area contributed by atoms with Gasteiger partial charge in [0.05, 0.1) is 0 Å². The molecule has 7 heteroatoms. The van der Waals surface area contributed by atoms with Gasteiger partial charge in [-0.05, 0) is 48.5 Å². The molecule has 2 rings (SSSR count). The van der Waals surface area contributed by atoms with E-state index in [4.69, 9.17) is 0 Å². The number of hydrogen-bond acceptors (Lipinski definition) is 3. The maximum Gasteiger partial charge on any atom is 0.269 e. The molecule has 0 heterocycles. The molecule has 0 radical (unpaired) electrons. The Labute approximate surface area is 131 Å². The first-order chi connectivity index (χ1) is 11.0. The quantitative estimate of drug-likeness (QED) is 0.756. The van der Waals surface area contributed by atoms with Gasteiger partial charge in [-0.2, -0.15) is 0 Å². The van der Waals surface area contributed by atoms with Crippen molar-refractivity contribution >= 4 is 23.4 Å². The summed E-state index contributed by atoms with van der Waals surface area (Å²) in [5.41, 5.74) is 5.56. The van der Waals surface area contributed by atoms with Gasteiger partial charge in [0, 0.05) is 23.7 Å². The average Bonchev–Trinajstić information content (AvgIpc) is 2.53. The van der Waals surface area contributed by atoms with Crippen LogP contribution in [0.5, 0.6) is 0 Å². The van der Waals surface area contributed by atoms with Gasteiger partial charge in [-0.25, -0.2) is 4.39 Å². The molecule has 3 amide bonds. The number of benzene rings is 2. The van der Waals surface area contributed by atoms with E-state index in [0.717, 1.165) is 12.1 Å². The lowest BCUT2D eigenvalue weighted by atomic mass is 10.2. The van der Waals surface area contributed by atoms with Crippen molar-refractivity contribution in [3.63, 3.8) is 0 Å². The van der Waals surface area contributed by atoms with Crippen LogP contribution >= 0.6 is 0 Å². The Morgan fingerprint density at radius 2 is 1.22 bits per heavy atom. The van der Waals surface area contributed by atoms with Crippen LogP contribution in [-0.2, 0) is 4.79 Å². The number of rotatable bonds is 3. The van der Waals surface area contributed by atoms with E-state index in [0.29, 0.717) is 11.3 Å². The van der Waals surface area contributed by atoms with Crippen molar-refractivity contribution in [3.05, 3.63) is 65.5 Å². The second-order valence-electron chi connectivity index (χ2n) is 4.67. The fraction of sp³-hybridized carbons (Fsp3) is 0.0625. The summed E-state index contributed by atoms with van der Waals surface area (Å²) in [6, 6.07) is 11.1. The Balaban J connectivity index is 1.92. The first kappa shape index (κ1) is 16.2. The number of carbonyl (C=O) groups excluding carboxylic acids is 3. The van der Waals surface area contributed by atoms with E-state index < -0.39 is 17.6 Å². The van der Waals surface area contributed by atoms with Crippen LogP contribution in [0.2, 0.25) is 0 Å². The number of hydrazine groups is 1. The van der Waals surface area contributed by atoms with Crippen LogP contribution in [0, 0.1) is 5.82 Å². The third-order valence-electron chi connectivity index (χ3n) is 2.86. The number of amides is 3. The molecule has 0 aliphatic heterocycles. The van der Waals surface area contributed by atoms with Gasteiger partial charge in [0.1, 0.15) is 5.82 Å². The zero-order chi connectivity index (χ0) is 16.8. The smallest absolute Gasteiger partial charge is 0.269 e. The molecule has 0 aliphatic rings. The molecule has 3 N–H and O–H groups in total. The highest BCUT2D eigenvalue weighted by Crippen LogP contribution is 2.09. The highest BCUT2D eigenvalue weighted by atomic mass is 19.1. The van der Waals surface area contributed by atoms with Crippen molar-refractivity contribution in [2.24, 2.45) is 0 Å². The van der Waals surface area contributed by atoms with E-state index in [2.05, 4.69) is 16.2 Å². The monoisotopic (exact) mass is 315 g/mol. The molecular weight excluding hydrogens is 301 g/mol. The fourth-order valence-electron chi connectivity index (χ4n) is 1.77. The van der Waals surface area contributed by atoms with Gasteiger partial charge in [-0.1, -0.05) is 0 Å². The summed E-state index contributed by atoms with van der Waals surface area (Å²) in [5, 5.41) is 2.58. The van der Waals surface area contributed by atoms with Gasteiger partial charge < -0.3 is 5.32 Å². The van der Waals surface area contributed by atoms with Crippen molar-refractivity contribution in [2.45, 2.75) is 6.92 Å². The predicted molar refractivity (Wildman–Crippen MR) is 82.1 cm³/mol. The molecule has 0 atom stereocenters. The topological polar surface area (TPSA) is 87.3 Å². The van der Waals surface area contributed by atoms with Crippen molar-refractivity contribution in [1.29, 1.82) is 0 Å².